The lowest BCUT2D eigenvalue weighted by molar-refractivity contribution is -0.0813. The van der Waals surface area contributed by atoms with E-state index in [1.165, 1.54) is 12.0 Å². The predicted octanol–water partition coefficient (Wildman–Crippen LogP) is 5.62. The topological polar surface area (TPSA) is 44.7 Å². The molecule has 1 aliphatic rings. The number of aliphatic hydroxyl groups is 1. The van der Waals surface area contributed by atoms with Crippen molar-refractivity contribution in [2.45, 2.75) is 48.7 Å². The number of nitrogens with one attached hydrogen (secondary N) is 1. The van der Waals surface area contributed by atoms with Gasteiger partial charge in [0.2, 0.25) is 0 Å². The minimum atomic E-state index is -0.971. The first-order valence-corrected chi connectivity index (χ1v) is 10.3. The second-order valence-corrected chi connectivity index (χ2v) is 9.27. The van der Waals surface area contributed by atoms with E-state index in [9.17, 15) is 5.11 Å². The summed E-state index contributed by atoms with van der Waals surface area (Å²) in [6.45, 7) is 7.89. The SMILES string of the molecule is CC(C)(O)C(C)(C)OSc1cc2c(cc1Cl)N(c1ccccc1)CNS2. The summed E-state index contributed by atoms with van der Waals surface area (Å²) in [7, 11) is 0. The number of benzene rings is 2. The maximum Gasteiger partial charge on any atom is 0.106 e. The van der Waals surface area contributed by atoms with Crippen molar-refractivity contribution in [3.63, 3.8) is 0 Å². The number of nitrogens with zero attached hydrogens (tertiary/aromatic N) is 1. The lowest BCUT2D eigenvalue weighted by atomic mass is 9.90. The van der Waals surface area contributed by atoms with E-state index in [1.807, 2.05) is 44.2 Å². The predicted molar refractivity (Wildman–Crippen MR) is 111 cm³/mol. The van der Waals surface area contributed by atoms with Crippen molar-refractivity contribution in [1.29, 1.82) is 0 Å². The van der Waals surface area contributed by atoms with Crippen molar-refractivity contribution in [2.24, 2.45) is 0 Å². The van der Waals surface area contributed by atoms with Gasteiger partial charge in [0.1, 0.15) is 5.60 Å². The maximum absolute atomic E-state index is 10.3. The molecular formula is C19H23ClN2O2S2. The summed E-state index contributed by atoms with van der Waals surface area (Å²) in [6, 6.07) is 14.2. The van der Waals surface area contributed by atoms with Gasteiger partial charge in [0.05, 0.1) is 27.9 Å². The molecule has 0 spiro atoms. The number of halogens is 1. The lowest BCUT2D eigenvalue weighted by Gasteiger charge is -2.36. The first-order valence-electron chi connectivity index (χ1n) is 8.33. The standard InChI is InChI=1S/C19H23ClN2O2S2/c1-18(2,23)19(3,4)24-26-16-11-17-15(10-14(16)20)22(12-21-25-17)13-8-6-5-7-9-13/h5-11,21,23H,12H2,1-4H3. The highest BCUT2D eigenvalue weighted by Gasteiger charge is 2.37. The summed E-state index contributed by atoms with van der Waals surface area (Å²) in [6.07, 6.45) is 0. The fourth-order valence-corrected chi connectivity index (χ4v) is 4.16. The van der Waals surface area contributed by atoms with Gasteiger partial charge < -0.3 is 14.2 Å². The maximum atomic E-state index is 10.3. The normalized spacial score (nSPS) is 15.1. The van der Waals surface area contributed by atoms with Crippen LogP contribution in [0.4, 0.5) is 11.4 Å². The van der Waals surface area contributed by atoms with Gasteiger partial charge in [-0.2, -0.15) is 0 Å². The van der Waals surface area contributed by atoms with Crippen LogP contribution in [0.5, 0.6) is 0 Å². The van der Waals surface area contributed by atoms with Gasteiger partial charge in [0, 0.05) is 22.6 Å². The van der Waals surface area contributed by atoms with E-state index in [4.69, 9.17) is 15.8 Å². The molecule has 7 heteroatoms. The largest absolute Gasteiger partial charge is 0.387 e. The van der Waals surface area contributed by atoms with Crippen molar-refractivity contribution in [1.82, 2.24) is 4.72 Å². The molecule has 0 amide bonds. The Labute approximate surface area is 168 Å². The van der Waals surface area contributed by atoms with E-state index in [0.29, 0.717) is 11.7 Å². The van der Waals surface area contributed by atoms with E-state index in [0.717, 1.165) is 21.2 Å². The molecule has 2 aromatic rings. The van der Waals surface area contributed by atoms with E-state index < -0.39 is 11.2 Å². The van der Waals surface area contributed by atoms with Crippen LogP contribution in [0.3, 0.4) is 0 Å². The molecule has 0 aromatic heterocycles. The molecule has 0 unspecified atom stereocenters. The molecular weight excluding hydrogens is 388 g/mol. The number of hydrogen-bond donors (Lipinski definition) is 2. The van der Waals surface area contributed by atoms with Crippen LogP contribution in [0.2, 0.25) is 5.02 Å². The molecule has 1 aliphatic heterocycles. The summed E-state index contributed by atoms with van der Waals surface area (Å²) < 4.78 is 9.24. The third-order valence-electron chi connectivity index (χ3n) is 4.59. The Kier molecular flexibility index (Phi) is 5.82. The molecule has 2 aromatic carbocycles. The average molecular weight is 411 g/mol. The number of rotatable bonds is 5. The minimum Gasteiger partial charge on any atom is -0.387 e. The first-order chi connectivity index (χ1) is 12.2. The van der Waals surface area contributed by atoms with Gasteiger partial charge in [-0.1, -0.05) is 29.8 Å². The van der Waals surface area contributed by atoms with Crippen LogP contribution in [0.15, 0.2) is 52.3 Å². The Hall–Kier alpha value is -0.890. The molecule has 26 heavy (non-hydrogen) atoms. The molecule has 4 nitrogen and oxygen atoms in total. The van der Waals surface area contributed by atoms with Crippen molar-refractivity contribution < 1.29 is 9.29 Å². The van der Waals surface area contributed by atoms with Gasteiger partial charge in [-0.3, -0.25) is 0 Å². The van der Waals surface area contributed by atoms with Crippen molar-refractivity contribution in [2.75, 3.05) is 11.6 Å². The van der Waals surface area contributed by atoms with Gasteiger partial charge in [-0.15, -0.1) is 0 Å². The molecule has 0 atom stereocenters. The molecule has 0 saturated carbocycles. The summed E-state index contributed by atoms with van der Waals surface area (Å²) in [5, 5.41) is 10.9. The first kappa shape index (κ1) is 19.9. The molecule has 0 fully saturated rings. The smallest absolute Gasteiger partial charge is 0.106 e. The molecule has 0 saturated heterocycles. The summed E-state index contributed by atoms with van der Waals surface area (Å²) in [4.78, 5) is 4.09. The van der Waals surface area contributed by atoms with Crippen LogP contribution >= 0.6 is 35.6 Å². The Balaban J connectivity index is 1.86. The number of fused-ring (bicyclic) bond motifs is 1. The summed E-state index contributed by atoms with van der Waals surface area (Å²) >= 11 is 9.32. The highest BCUT2D eigenvalue weighted by atomic mass is 35.5. The van der Waals surface area contributed by atoms with Gasteiger partial charge in [0.15, 0.2) is 0 Å². The van der Waals surface area contributed by atoms with E-state index >= 15 is 0 Å². The Morgan fingerprint density at radius 2 is 1.88 bits per heavy atom. The van der Waals surface area contributed by atoms with Crippen LogP contribution in [-0.4, -0.2) is 23.0 Å². The van der Waals surface area contributed by atoms with Crippen molar-refractivity contribution in [3.8, 4) is 0 Å². The van der Waals surface area contributed by atoms with Crippen LogP contribution in [0.1, 0.15) is 27.7 Å². The van der Waals surface area contributed by atoms with Gasteiger partial charge >= 0.3 is 0 Å². The molecule has 140 valence electrons. The Bertz CT molecular complexity index is 779. The number of anilines is 2. The quantitative estimate of drug-likeness (QED) is 0.492. The zero-order chi connectivity index (χ0) is 18.9. The second kappa shape index (κ2) is 7.62. The lowest BCUT2D eigenvalue weighted by Crippen LogP contribution is -2.45. The third-order valence-corrected chi connectivity index (χ3v) is 6.85. The van der Waals surface area contributed by atoms with E-state index in [2.05, 4.69) is 21.8 Å². The van der Waals surface area contributed by atoms with Crippen LogP contribution in [-0.2, 0) is 4.18 Å². The summed E-state index contributed by atoms with van der Waals surface area (Å²) in [5.74, 6) is 0. The molecule has 0 radical (unpaired) electrons. The molecule has 0 aliphatic carbocycles. The third kappa shape index (κ3) is 4.16. The fourth-order valence-electron chi connectivity index (χ4n) is 2.23. The average Bonchev–Trinajstić information content (AvgIpc) is 2.59. The van der Waals surface area contributed by atoms with E-state index in [1.54, 1.807) is 25.8 Å². The highest BCUT2D eigenvalue weighted by molar-refractivity contribution is 7.97. The second-order valence-electron chi connectivity index (χ2n) is 7.15. The monoisotopic (exact) mass is 410 g/mol. The van der Waals surface area contributed by atoms with E-state index in [-0.39, 0.29) is 0 Å². The van der Waals surface area contributed by atoms with Crippen LogP contribution in [0.25, 0.3) is 0 Å². The summed E-state index contributed by atoms with van der Waals surface area (Å²) in [5.41, 5.74) is 0.480. The number of para-hydroxylation sites is 1. The zero-order valence-electron chi connectivity index (χ0n) is 15.2. The zero-order valence-corrected chi connectivity index (χ0v) is 17.6. The van der Waals surface area contributed by atoms with Crippen LogP contribution < -0.4 is 9.62 Å². The van der Waals surface area contributed by atoms with Crippen molar-refractivity contribution in [3.05, 3.63) is 47.5 Å². The molecule has 3 rings (SSSR count). The van der Waals surface area contributed by atoms with Gasteiger partial charge in [-0.05, 0) is 63.9 Å². The van der Waals surface area contributed by atoms with Gasteiger partial charge in [0.25, 0.3) is 0 Å². The number of hydrogen-bond acceptors (Lipinski definition) is 6. The van der Waals surface area contributed by atoms with Crippen LogP contribution in [0, 0.1) is 0 Å². The highest BCUT2D eigenvalue weighted by Crippen LogP contribution is 2.44. The molecule has 2 N–H and O–H groups in total. The van der Waals surface area contributed by atoms with Gasteiger partial charge in [-0.25, -0.2) is 4.72 Å². The minimum absolute atomic E-state index is 0.628. The molecule has 0 bridgehead atoms. The fraction of sp³-hybridized carbons (Fsp3) is 0.368. The van der Waals surface area contributed by atoms with Crippen molar-refractivity contribution >= 4 is 47.0 Å². The Morgan fingerprint density at radius 1 is 1.19 bits per heavy atom. The Morgan fingerprint density at radius 3 is 2.54 bits per heavy atom. The molecule has 1 heterocycles.